The van der Waals surface area contributed by atoms with Crippen molar-refractivity contribution in [2.24, 2.45) is 0 Å². The fraction of sp³-hybridized carbons (Fsp3) is 0.281. The van der Waals surface area contributed by atoms with E-state index in [4.69, 9.17) is 31.2 Å². The molecule has 3 aromatic carbocycles. The summed E-state index contributed by atoms with van der Waals surface area (Å²) in [5.74, 6) is 2.31. The van der Waals surface area contributed by atoms with Gasteiger partial charge < -0.3 is 20.1 Å². The van der Waals surface area contributed by atoms with Gasteiger partial charge in [-0.3, -0.25) is 4.79 Å². The largest absolute Gasteiger partial charge is 0.490 e. The van der Waals surface area contributed by atoms with Crippen LogP contribution >= 0.6 is 39.3 Å². The second-order valence-electron chi connectivity index (χ2n) is 9.99. The van der Waals surface area contributed by atoms with Gasteiger partial charge in [0.25, 0.3) is 5.91 Å². The molecule has 11 heteroatoms. The summed E-state index contributed by atoms with van der Waals surface area (Å²) in [6, 6.07) is 18.5. The molecule has 0 aliphatic carbocycles. The van der Waals surface area contributed by atoms with E-state index in [0.29, 0.717) is 50.0 Å². The first kappa shape index (κ1) is 31.0. The third-order valence-corrected chi connectivity index (χ3v) is 8.88. The molecule has 0 fully saturated rings. The number of hydrogen-bond acceptors (Lipinski definition) is 7. The van der Waals surface area contributed by atoms with Crippen molar-refractivity contribution < 1.29 is 14.3 Å². The summed E-state index contributed by atoms with van der Waals surface area (Å²) >= 11 is 11.7. The highest BCUT2D eigenvalue weighted by Crippen LogP contribution is 2.44. The molecule has 0 radical (unpaired) electrons. The van der Waals surface area contributed by atoms with Crippen molar-refractivity contribution in [2.45, 2.75) is 51.9 Å². The lowest BCUT2D eigenvalue weighted by Gasteiger charge is -2.29. The Bertz CT molecular complexity index is 1670. The molecule has 1 unspecified atom stereocenters. The number of rotatable bonds is 11. The van der Waals surface area contributed by atoms with Crippen molar-refractivity contribution in [3.63, 3.8) is 0 Å². The topological polar surface area (TPSA) is 90.3 Å². The van der Waals surface area contributed by atoms with Gasteiger partial charge in [0, 0.05) is 27.7 Å². The lowest BCUT2D eigenvalue weighted by atomic mass is 9.94. The molecule has 4 aromatic rings. The first-order valence-corrected chi connectivity index (χ1v) is 16.2. The van der Waals surface area contributed by atoms with Gasteiger partial charge in [-0.2, -0.15) is 4.98 Å². The summed E-state index contributed by atoms with van der Waals surface area (Å²) in [5.41, 5.74) is 4.57. The van der Waals surface area contributed by atoms with Gasteiger partial charge in [0.15, 0.2) is 11.5 Å². The molecule has 0 bridgehead atoms. The Balaban J connectivity index is 1.58. The van der Waals surface area contributed by atoms with Crippen LogP contribution in [-0.2, 0) is 11.4 Å². The number of nitrogens with one attached hydrogen (secondary N) is 2. The van der Waals surface area contributed by atoms with Crippen LogP contribution in [0.25, 0.3) is 0 Å². The molecule has 224 valence electrons. The first-order chi connectivity index (χ1) is 20.8. The van der Waals surface area contributed by atoms with E-state index in [-0.39, 0.29) is 12.5 Å². The average Bonchev–Trinajstić information content (AvgIpc) is 3.39. The number of allylic oxidation sites excluding steroid dienone is 1. The monoisotopic (exact) mass is 681 g/mol. The number of hydrogen-bond donors (Lipinski definition) is 2. The smallest absolute Gasteiger partial charge is 0.255 e. The zero-order chi connectivity index (χ0) is 30.5. The van der Waals surface area contributed by atoms with Crippen molar-refractivity contribution in [3.8, 4) is 11.5 Å². The number of aromatic nitrogens is 3. The number of ether oxygens (including phenoxy) is 2. The number of amides is 1. The van der Waals surface area contributed by atoms with Gasteiger partial charge in [0.05, 0.1) is 16.7 Å². The van der Waals surface area contributed by atoms with E-state index in [9.17, 15) is 4.79 Å². The number of aryl methyl sites for hydroxylation is 1. The molecule has 2 N–H and O–H groups in total. The van der Waals surface area contributed by atoms with Gasteiger partial charge in [-0.05, 0) is 78.5 Å². The highest BCUT2D eigenvalue weighted by molar-refractivity contribution is 9.10. The Morgan fingerprint density at radius 2 is 1.88 bits per heavy atom. The van der Waals surface area contributed by atoms with Crippen LogP contribution in [0.5, 0.6) is 11.5 Å². The highest BCUT2D eigenvalue weighted by Gasteiger charge is 2.35. The maximum Gasteiger partial charge on any atom is 0.255 e. The van der Waals surface area contributed by atoms with Crippen LogP contribution in [0.15, 0.2) is 81.6 Å². The summed E-state index contributed by atoms with van der Waals surface area (Å²) in [5, 5.41) is 12.5. The summed E-state index contributed by atoms with van der Waals surface area (Å²) in [6.07, 6.45) is 0.993. The number of fused-ring (bicyclic) bond motifs is 1. The van der Waals surface area contributed by atoms with Crippen LogP contribution in [-0.4, -0.2) is 33.0 Å². The van der Waals surface area contributed by atoms with Crippen LogP contribution in [0.4, 0.5) is 11.6 Å². The number of thioether (sulfide) groups is 1. The number of benzene rings is 3. The predicted octanol–water partition coefficient (Wildman–Crippen LogP) is 8.41. The fourth-order valence-corrected chi connectivity index (χ4v) is 6.25. The van der Waals surface area contributed by atoms with Crippen molar-refractivity contribution >= 4 is 56.8 Å². The molecule has 0 saturated carbocycles. The van der Waals surface area contributed by atoms with Crippen LogP contribution in [0, 0.1) is 6.92 Å². The molecule has 0 spiro atoms. The lowest BCUT2D eigenvalue weighted by molar-refractivity contribution is -0.113. The number of carbonyl (C=O) groups excluding carboxylic acids is 1. The van der Waals surface area contributed by atoms with E-state index < -0.39 is 6.04 Å². The SMILES string of the molecule is CCCSc1nc2n(n1)C(c1cc(Br)c(OCc3ccccc3Cl)c(OCC)c1)C(C(=O)Nc1ccccc1C)=C(C)N2. The van der Waals surface area contributed by atoms with Crippen molar-refractivity contribution in [2.75, 3.05) is 23.0 Å². The number of carbonyl (C=O) groups is 1. The van der Waals surface area contributed by atoms with Crippen LogP contribution in [0.1, 0.15) is 49.9 Å². The van der Waals surface area contributed by atoms with E-state index >= 15 is 0 Å². The van der Waals surface area contributed by atoms with Crippen LogP contribution in [0.3, 0.4) is 0 Å². The minimum atomic E-state index is -0.586. The predicted molar refractivity (Wildman–Crippen MR) is 176 cm³/mol. The zero-order valence-electron chi connectivity index (χ0n) is 24.4. The minimum Gasteiger partial charge on any atom is -0.490 e. The summed E-state index contributed by atoms with van der Waals surface area (Å²) < 4.78 is 14.8. The molecule has 1 amide bonds. The normalized spacial score (nSPS) is 14.2. The lowest BCUT2D eigenvalue weighted by Crippen LogP contribution is -2.31. The Hall–Kier alpha value is -3.47. The Morgan fingerprint density at radius 1 is 1.12 bits per heavy atom. The standard InChI is InChI=1S/C32H33BrClN5O3S/c1-5-15-43-32-37-31-35-20(4)27(30(40)36-25-14-10-7-11-19(25)3)28(39(31)38-32)22-16-23(33)29(26(17-22)41-6-2)42-18-21-12-8-9-13-24(21)34/h7-14,16-17,28H,5-6,15,18H2,1-4H3,(H,36,40)(H,35,37,38). The maximum atomic E-state index is 14.0. The number of halogens is 2. The highest BCUT2D eigenvalue weighted by atomic mass is 79.9. The molecule has 8 nitrogen and oxygen atoms in total. The van der Waals surface area contributed by atoms with Gasteiger partial charge in [-0.15, -0.1) is 5.10 Å². The first-order valence-electron chi connectivity index (χ1n) is 14.1. The van der Waals surface area contributed by atoms with Gasteiger partial charge in [-0.25, -0.2) is 4.68 Å². The number of nitrogens with zero attached hydrogens (tertiary/aromatic N) is 3. The molecule has 1 atom stereocenters. The second-order valence-corrected chi connectivity index (χ2v) is 12.3. The Labute approximate surface area is 269 Å². The summed E-state index contributed by atoms with van der Waals surface area (Å²) in [7, 11) is 0. The molecular formula is C32H33BrClN5O3S. The Morgan fingerprint density at radius 3 is 2.63 bits per heavy atom. The molecule has 1 aromatic heterocycles. The van der Waals surface area contributed by atoms with Gasteiger partial charge in [-0.1, -0.05) is 66.7 Å². The second kappa shape index (κ2) is 13.9. The van der Waals surface area contributed by atoms with Gasteiger partial charge >= 0.3 is 0 Å². The molecule has 1 aliphatic rings. The van der Waals surface area contributed by atoms with Crippen LogP contribution < -0.4 is 20.1 Å². The van der Waals surface area contributed by atoms with Crippen molar-refractivity contribution in [3.05, 3.63) is 98.1 Å². The molecule has 1 aliphatic heterocycles. The molecule has 2 heterocycles. The molecule has 0 saturated heterocycles. The van der Waals surface area contributed by atoms with E-state index in [1.54, 1.807) is 16.4 Å². The quantitative estimate of drug-likeness (QED) is 0.154. The zero-order valence-corrected chi connectivity index (χ0v) is 27.6. The van der Waals surface area contributed by atoms with E-state index in [2.05, 4.69) is 33.5 Å². The summed E-state index contributed by atoms with van der Waals surface area (Å²) in [6.45, 7) is 8.57. The number of anilines is 2. The minimum absolute atomic E-state index is 0.235. The van der Waals surface area contributed by atoms with Crippen molar-refractivity contribution in [1.29, 1.82) is 0 Å². The summed E-state index contributed by atoms with van der Waals surface area (Å²) in [4.78, 5) is 18.7. The third-order valence-electron chi connectivity index (χ3n) is 6.88. The molecule has 43 heavy (non-hydrogen) atoms. The van der Waals surface area contributed by atoms with Gasteiger partial charge in [0.1, 0.15) is 12.6 Å². The van der Waals surface area contributed by atoms with Gasteiger partial charge in [0.2, 0.25) is 11.1 Å². The van der Waals surface area contributed by atoms with E-state index in [1.165, 1.54) is 0 Å². The third kappa shape index (κ3) is 6.87. The molecular weight excluding hydrogens is 650 g/mol. The average molecular weight is 683 g/mol. The van der Waals surface area contributed by atoms with E-state index in [1.807, 2.05) is 81.4 Å². The van der Waals surface area contributed by atoms with E-state index in [0.717, 1.165) is 34.6 Å². The fourth-order valence-electron chi connectivity index (χ4n) is 4.81. The van der Waals surface area contributed by atoms with Crippen molar-refractivity contribution in [1.82, 2.24) is 14.8 Å². The molecule has 5 rings (SSSR count). The van der Waals surface area contributed by atoms with Crippen LogP contribution in [0.2, 0.25) is 5.02 Å². The maximum absolute atomic E-state index is 14.0. The Kier molecular flexibility index (Phi) is 10.00. The number of para-hydroxylation sites is 1.